The molecule has 7 heteroatoms. The number of hydrogen-bond donors (Lipinski definition) is 1. The third kappa shape index (κ3) is 3.35. The minimum absolute atomic E-state index is 0.219. The fourth-order valence-corrected chi connectivity index (χ4v) is 1.33. The van der Waals surface area contributed by atoms with E-state index in [0.29, 0.717) is 12.4 Å². The smallest absolute Gasteiger partial charge is 0.261 e. The second-order valence-electron chi connectivity index (χ2n) is 3.34. The van der Waals surface area contributed by atoms with Gasteiger partial charge in [0.25, 0.3) is 6.43 Å². The van der Waals surface area contributed by atoms with Gasteiger partial charge in [0.15, 0.2) is 5.65 Å². The lowest BCUT2D eigenvalue weighted by atomic mass is 10.5. The molecule has 0 atom stereocenters. The van der Waals surface area contributed by atoms with Gasteiger partial charge in [-0.3, -0.25) is 0 Å². The molecule has 0 saturated heterocycles. The Morgan fingerprint density at radius 3 is 3.12 bits per heavy atom. The second-order valence-corrected chi connectivity index (χ2v) is 3.34. The van der Waals surface area contributed by atoms with Crippen LogP contribution in [0.2, 0.25) is 0 Å². The first kappa shape index (κ1) is 11.7. The lowest BCUT2D eigenvalue weighted by Crippen LogP contribution is -2.13. The molecule has 0 radical (unpaired) electrons. The predicted octanol–water partition coefficient (Wildman–Crippen LogP) is 1.42. The molecule has 2 aromatic heterocycles. The van der Waals surface area contributed by atoms with Gasteiger partial charge in [-0.25, -0.2) is 18.3 Å². The Kier molecular flexibility index (Phi) is 3.81. The van der Waals surface area contributed by atoms with Crippen LogP contribution in [0.3, 0.4) is 0 Å². The molecule has 17 heavy (non-hydrogen) atoms. The van der Waals surface area contributed by atoms with E-state index in [4.69, 9.17) is 4.74 Å². The molecular formula is C10H12F2N4O. The summed E-state index contributed by atoms with van der Waals surface area (Å²) in [5, 5.41) is 6.99. The zero-order valence-corrected chi connectivity index (χ0v) is 9.01. The van der Waals surface area contributed by atoms with Crippen molar-refractivity contribution in [2.45, 2.75) is 6.43 Å². The van der Waals surface area contributed by atoms with Crippen LogP contribution in [0, 0.1) is 0 Å². The van der Waals surface area contributed by atoms with Gasteiger partial charge in [0, 0.05) is 18.8 Å². The fraction of sp³-hybridized carbons (Fsp3) is 0.400. The summed E-state index contributed by atoms with van der Waals surface area (Å²) in [6.07, 6.45) is 0.999. The number of nitrogens with zero attached hydrogens (tertiary/aromatic N) is 3. The molecule has 2 aromatic rings. The van der Waals surface area contributed by atoms with Crippen LogP contribution in [0.5, 0.6) is 0 Å². The van der Waals surface area contributed by atoms with Gasteiger partial charge in [-0.2, -0.15) is 5.10 Å². The van der Waals surface area contributed by atoms with Gasteiger partial charge in [0.05, 0.1) is 12.8 Å². The molecule has 92 valence electrons. The van der Waals surface area contributed by atoms with Gasteiger partial charge in [0.2, 0.25) is 0 Å². The fourth-order valence-electron chi connectivity index (χ4n) is 1.33. The molecule has 0 amide bonds. The number of anilines is 1. The van der Waals surface area contributed by atoms with E-state index in [-0.39, 0.29) is 6.61 Å². The molecule has 0 spiro atoms. The largest absolute Gasteiger partial charge is 0.374 e. The topological polar surface area (TPSA) is 51.5 Å². The summed E-state index contributed by atoms with van der Waals surface area (Å²) >= 11 is 0. The summed E-state index contributed by atoms with van der Waals surface area (Å²) in [5.74, 6) is 0.665. The summed E-state index contributed by atoms with van der Waals surface area (Å²) in [6.45, 7) is 0.122. The molecule has 0 saturated carbocycles. The van der Waals surface area contributed by atoms with Gasteiger partial charge in [-0.1, -0.05) is 0 Å². The van der Waals surface area contributed by atoms with Crippen LogP contribution < -0.4 is 5.32 Å². The number of rotatable bonds is 6. The lowest BCUT2D eigenvalue weighted by molar-refractivity contribution is 0.0215. The van der Waals surface area contributed by atoms with Crippen molar-refractivity contribution >= 4 is 11.5 Å². The Morgan fingerprint density at radius 2 is 2.29 bits per heavy atom. The summed E-state index contributed by atoms with van der Waals surface area (Å²) in [6, 6.07) is 3.53. The SMILES string of the molecule is FC(F)COCCNc1ccn2nccc2n1. The number of fused-ring (bicyclic) bond motifs is 1. The second kappa shape index (κ2) is 5.53. The zero-order valence-electron chi connectivity index (χ0n) is 9.01. The van der Waals surface area contributed by atoms with Gasteiger partial charge < -0.3 is 10.1 Å². The molecule has 2 heterocycles. The molecule has 0 aliphatic rings. The predicted molar refractivity (Wildman–Crippen MR) is 58.3 cm³/mol. The molecular weight excluding hydrogens is 230 g/mol. The van der Waals surface area contributed by atoms with Crippen LogP contribution in [0.4, 0.5) is 14.6 Å². The lowest BCUT2D eigenvalue weighted by Gasteiger charge is -2.06. The number of hydrogen-bond acceptors (Lipinski definition) is 4. The van der Waals surface area contributed by atoms with E-state index in [1.165, 1.54) is 0 Å². The maximum atomic E-state index is 11.8. The third-order valence-electron chi connectivity index (χ3n) is 2.05. The van der Waals surface area contributed by atoms with E-state index in [0.717, 1.165) is 5.65 Å². The summed E-state index contributed by atoms with van der Waals surface area (Å²) in [7, 11) is 0. The highest BCUT2D eigenvalue weighted by Gasteiger charge is 2.01. The molecule has 5 nitrogen and oxygen atoms in total. The summed E-state index contributed by atoms with van der Waals surface area (Å²) in [4.78, 5) is 4.25. The van der Waals surface area contributed by atoms with Crippen molar-refractivity contribution < 1.29 is 13.5 Å². The Labute approximate surface area is 96.4 Å². The average molecular weight is 242 g/mol. The number of ether oxygens (including phenoxy) is 1. The van der Waals surface area contributed by atoms with Crippen molar-refractivity contribution in [3.8, 4) is 0 Å². The molecule has 1 N–H and O–H groups in total. The molecule has 0 bridgehead atoms. The van der Waals surface area contributed by atoms with Crippen LogP contribution in [-0.4, -0.2) is 40.8 Å². The van der Waals surface area contributed by atoms with Crippen LogP contribution >= 0.6 is 0 Å². The number of halogens is 2. The summed E-state index contributed by atoms with van der Waals surface area (Å²) < 4.78 is 29.9. The van der Waals surface area contributed by atoms with E-state index in [1.54, 1.807) is 29.0 Å². The Morgan fingerprint density at radius 1 is 1.41 bits per heavy atom. The van der Waals surface area contributed by atoms with Crippen LogP contribution in [0.25, 0.3) is 5.65 Å². The van der Waals surface area contributed by atoms with E-state index < -0.39 is 13.0 Å². The van der Waals surface area contributed by atoms with Gasteiger partial charge in [0.1, 0.15) is 12.4 Å². The van der Waals surface area contributed by atoms with Crippen LogP contribution in [-0.2, 0) is 4.74 Å². The van der Waals surface area contributed by atoms with E-state index >= 15 is 0 Å². The molecule has 0 unspecified atom stereocenters. The average Bonchev–Trinajstić information content (AvgIpc) is 2.75. The Hall–Kier alpha value is -1.76. The highest BCUT2D eigenvalue weighted by molar-refractivity contribution is 5.45. The quantitative estimate of drug-likeness (QED) is 0.778. The maximum Gasteiger partial charge on any atom is 0.261 e. The van der Waals surface area contributed by atoms with Crippen molar-refractivity contribution in [1.29, 1.82) is 0 Å². The van der Waals surface area contributed by atoms with Crippen LogP contribution in [0.15, 0.2) is 24.5 Å². The molecule has 0 aliphatic carbocycles. The number of alkyl halides is 2. The zero-order chi connectivity index (χ0) is 12.1. The van der Waals surface area contributed by atoms with Crippen molar-refractivity contribution in [3.63, 3.8) is 0 Å². The molecule has 0 fully saturated rings. The first-order valence-electron chi connectivity index (χ1n) is 5.16. The first-order chi connectivity index (χ1) is 8.25. The van der Waals surface area contributed by atoms with E-state index in [1.807, 2.05) is 0 Å². The molecule has 0 aromatic carbocycles. The maximum absolute atomic E-state index is 11.8. The monoisotopic (exact) mass is 242 g/mol. The van der Waals surface area contributed by atoms with Crippen LogP contribution in [0.1, 0.15) is 0 Å². The highest BCUT2D eigenvalue weighted by Crippen LogP contribution is 2.05. The molecule has 2 rings (SSSR count). The van der Waals surface area contributed by atoms with Crippen molar-refractivity contribution in [3.05, 3.63) is 24.5 Å². The standard InChI is InChI=1S/C10H12F2N4O/c11-8(12)7-17-6-4-13-9-2-5-16-10(15-9)1-3-14-16/h1-3,5,8H,4,6-7H2,(H,13,15). The minimum atomic E-state index is -2.42. The highest BCUT2D eigenvalue weighted by atomic mass is 19.3. The summed E-state index contributed by atoms with van der Waals surface area (Å²) in [5.41, 5.74) is 0.725. The number of aromatic nitrogens is 3. The molecule has 0 aliphatic heterocycles. The van der Waals surface area contributed by atoms with Gasteiger partial charge >= 0.3 is 0 Å². The normalized spacial score (nSPS) is 11.2. The first-order valence-corrected chi connectivity index (χ1v) is 5.16. The minimum Gasteiger partial charge on any atom is -0.374 e. The Balaban J connectivity index is 1.78. The van der Waals surface area contributed by atoms with E-state index in [2.05, 4.69) is 15.4 Å². The van der Waals surface area contributed by atoms with Crippen molar-refractivity contribution in [2.75, 3.05) is 25.1 Å². The van der Waals surface area contributed by atoms with Gasteiger partial charge in [-0.15, -0.1) is 0 Å². The number of nitrogens with one attached hydrogen (secondary N) is 1. The third-order valence-corrected chi connectivity index (χ3v) is 2.05. The van der Waals surface area contributed by atoms with Gasteiger partial charge in [-0.05, 0) is 6.07 Å². The Bertz CT molecular complexity index is 474. The van der Waals surface area contributed by atoms with Crippen molar-refractivity contribution in [1.82, 2.24) is 14.6 Å². The van der Waals surface area contributed by atoms with E-state index in [9.17, 15) is 8.78 Å². The van der Waals surface area contributed by atoms with Crippen molar-refractivity contribution in [2.24, 2.45) is 0 Å².